The van der Waals surface area contributed by atoms with Crippen LogP contribution in [0.15, 0.2) is 36.4 Å². The van der Waals surface area contributed by atoms with E-state index >= 15 is 0 Å². The fourth-order valence-electron chi connectivity index (χ4n) is 4.31. The van der Waals surface area contributed by atoms with E-state index in [4.69, 9.17) is 33.2 Å². The topological polar surface area (TPSA) is 133 Å². The van der Waals surface area contributed by atoms with Crippen LogP contribution in [0.1, 0.15) is 22.0 Å². The average Bonchev–Trinajstić information content (AvgIpc) is 3.48. The predicted octanol–water partition coefficient (Wildman–Crippen LogP) is 1.86. The summed E-state index contributed by atoms with van der Waals surface area (Å²) in [5.74, 6) is -4.96. The smallest absolute Gasteiger partial charge is 0.333 e. The molecule has 0 N–H and O–H groups in total. The highest BCUT2D eigenvalue weighted by Crippen LogP contribution is 2.52. The van der Waals surface area contributed by atoms with Gasteiger partial charge in [0.1, 0.15) is 12.0 Å². The van der Waals surface area contributed by atoms with Crippen molar-refractivity contribution >= 4 is 23.7 Å². The van der Waals surface area contributed by atoms with Gasteiger partial charge in [-0.2, -0.15) is 0 Å². The Labute approximate surface area is 199 Å². The lowest BCUT2D eigenvalue weighted by atomic mass is 9.68. The van der Waals surface area contributed by atoms with Crippen molar-refractivity contribution in [2.45, 2.75) is 6.10 Å². The van der Waals surface area contributed by atoms with Crippen LogP contribution in [-0.4, -0.2) is 58.9 Å². The highest BCUT2D eigenvalue weighted by molar-refractivity contribution is 6.28. The summed E-state index contributed by atoms with van der Waals surface area (Å²) in [5, 5.41) is 0. The first-order valence-electron chi connectivity index (χ1n) is 10.4. The maximum Gasteiger partial charge on any atom is 0.333 e. The van der Waals surface area contributed by atoms with Gasteiger partial charge in [0.15, 0.2) is 28.8 Å². The minimum absolute atomic E-state index is 0.00639. The van der Waals surface area contributed by atoms with Gasteiger partial charge in [-0.05, 0) is 35.9 Å². The minimum atomic E-state index is -2.68. The zero-order valence-electron chi connectivity index (χ0n) is 19.3. The molecule has 0 bridgehead atoms. The highest BCUT2D eigenvalue weighted by atomic mass is 16.7. The fraction of sp³-hybridized carbons (Fsp3) is 0.333. The zero-order valence-corrected chi connectivity index (χ0v) is 19.3. The number of esters is 3. The molecule has 2 aromatic rings. The Hall–Kier alpha value is -4.28. The largest absolute Gasteiger partial charge is 0.493 e. The van der Waals surface area contributed by atoms with E-state index in [-0.39, 0.29) is 18.1 Å². The third-order valence-corrected chi connectivity index (χ3v) is 6.02. The Balaban J connectivity index is 1.89. The number of carbonyl (C=O) groups is 4. The molecule has 1 fully saturated rings. The number of benzene rings is 2. The molecule has 4 rings (SSSR count). The summed E-state index contributed by atoms with van der Waals surface area (Å²) in [5.41, 5.74) is -2.49. The molecule has 0 amide bonds. The van der Waals surface area contributed by atoms with Crippen molar-refractivity contribution in [3.63, 3.8) is 0 Å². The number of ether oxygens (including phenoxy) is 7. The van der Waals surface area contributed by atoms with Crippen molar-refractivity contribution in [3.8, 4) is 23.0 Å². The lowest BCUT2D eigenvalue weighted by Gasteiger charge is -2.27. The molecule has 0 radical (unpaired) electrons. The summed E-state index contributed by atoms with van der Waals surface area (Å²) in [4.78, 5) is 53.5. The quantitative estimate of drug-likeness (QED) is 0.246. The molecule has 2 aromatic carbocycles. The van der Waals surface area contributed by atoms with Crippen LogP contribution < -0.4 is 18.9 Å². The normalized spacial score (nSPS) is 22.2. The maximum absolute atomic E-state index is 13.9. The number of hydrogen-bond acceptors (Lipinski definition) is 11. The van der Waals surface area contributed by atoms with Gasteiger partial charge < -0.3 is 33.2 Å². The number of methoxy groups -OCH3 is 4. The highest BCUT2D eigenvalue weighted by Gasteiger charge is 2.71. The second kappa shape index (κ2) is 9.16. The summed E-state index contributed by atoms with van der Waals surface area (Å²) < 4.78 is 36.4. The zero-order chi connectivity index (χ0) is 25.3. The number of hydrogen-bond donors (Lipinski definition) is 0. The van der Waals surface area contributed by atoms with Crippen LogP contribution in [-0.2, 0) is 28.6 Å². The van der Waals surface area contributed by atoms with Crippen molar-refractivity contribution in [3.05, 3.63) is 47.5 Å². The van der Waals surface area contributed by atoms with Crippen LogP contribution in [0.25, 0.3) is 0 Å². The number of carbonyl (C=O) groups excluding carboxylic acids is 4. The second-order valence-electron chi connectivity index (χ2n) is 7.64. The Bertz CT molecular complexity index is 1200. The van der Waals surface area contributed by atoms with Crippen molar-refractivity contribution in [1.82, 2.24) is 0 Å². The van der Waals surface area contributed by atoms with Crippen LogP contribution in [0.4, 0.5) is 0 Å². The second-order valence-corrected chi connectivity index (χ2v) is 7.64. The molecule has 2 heterocycles. The predicted molar refractivity (Wildman–Crippen MR) is 115 cm³/mol. The Morgan fingerprint density at radius 1 is 0.886 bits per heavy atom. The average molecular weight is 486 g/mol. The van der Waals surface area contributed by atoms with E-state index in [1.807, 2.05) is 0 Å². The number of Topliss-reactive ketones (excluding diaryl/α,β-unsaturated/α-hetero) is 1. The Kier molecular flexibility index (Phi) is 6.25. The number of fused-ring (bicyclic) bond motifs is 1. The molecule has 2 aliphatic heterocycles. The molecule has 2 aliphatic rings. The van der Waals surface area contributed by atoms with Gasteiger partial charge in [-0.1, -0.05) is 6.07 Å². The van der Waals surface area contributed by atoms with E-state index in [2.05, 4.69) is 0 Å². The van der Waals surface area contributed by atoms with Gasteiger partial charge >= 0.3 is 17.9 Å². The first-order valence-corrected chi connectivity index (χ1v) is 10.4. The summed E-state index contributed by atoms with van der Waals surface area (Å²) in [6.07, 6.45) is -1.35. The van der Waals surface area contributed by atoms with Crippen LogP contribution >= 0.6 is 0 Å². The molecule has 1 saturated heterocycles. The molecule has 0 saturated carbocycles. The van der Waals surface area contributed by atoms with Crippen LogP contribution in [0.3, 0.4) is 0 Å². The maximum atomic E-state index is 13.9. The monoisotopic (exact) mass is 486 g/mol. The fourth-order valence-corrected chi connectivity index (χ4v) is 4.31. The Morgan fingerprint density at radius 2 is 1.60 bits per heavy atom. The molecule has 3 atom stereocenters. The van der Waals surface area contributed by atoms with Gasteiger partial charge in [-0.15, -0.1) is 0 Å². The van der Waals surface area contributed by atoms with Gasteiger partial charge in [-0.3, -0.25) is 19.2 Å². The summed E-state index contributed by atoms with van der Waals surface area (Å²) >= 11 is 0. The molecule has 1 unspecified atom stereocenters. The van der Waals surface area contributed by atoms with Gasteiger partial charge in [0.05, 0.1) is 28.4 Å². The summed E-state index contributed by atoms with van der Waals surface area (Å²) in [6, 6.07) is 8.67. The molecular formula is C24H22O11. The molecule has 11 nitrogen and oxygen atoms in total. The van der Waals surface area contributed by atoms with E-state index in [1.54, 1.807) is 6.07 Å². The molecule has 11 heteroatoms. The number of rotatable bonds is 7. The minimum Gasteiger partial charge on any atom is -0.493 e. The molecule has 184 valence electrons. The summed E-state index contributed by atoms with van der Waals surface area (Å²) in [6.45, 7) is -0.00639. The third kappa shape index (κ3) is 3.59. The molecule has 0 spiro atoms. The Morgan fingerprint density at radius 3 is 2.26 bits per heavy atom. The van der Waals surface area contributed by atoms with Gasteiger partial charge in [-0.25, -0.2) is 0 Å². The van der Waals surface area contributed by atoms with E-state index in [9.17, 15) is 19.2 Å². The lowest BCUT2D eigenvalue weighted by molar-refractivity contribution is -0.165. The van der Waals surface area contributed by atoms with Gasteiger partial charge in [0.25, 0.3) is 0 Å². The summed E-state index contributed by atoms with van der Waals surface area (Å²) in [7, 11) is 4.85. The van der Waals surface area contributed by atoms with E-state index < -0.39 is 41.1 Å². The van der Waals surface area contributed by atoms with E-state index in [0.717, 1.165) is 14.2 Å². The standard InChI is InChI=1S/C24H22O11/c1-29-14-7-6-13(10-16(14)30-2)20(25)24(22(27)32-4)18(21(26)31-3)19(35-23(24)28)12-5-8-15-17(9-12)34-11-33-15/h5-10,18-19H,11H2,1-4H3/t18?,19-,24-/m0/s1. The van der Waals surface area contributed by atoms with E-state index in [1.165, 1.54) is 44.6 Å². The van der Waals surface area contributed by atoms with Crippen molar-refractivity contribution in [1.29, 1.82) is 0 Å². The van der Waals surface area contributed by atoms with Crippen molar-refractivity contribution in [2.24, 2.45) is 11.3 Å². The molecular weight excluding hydrogens is 464 g/mol. The van der Waals surface area contributed by atoms with Crippen LogP contribution in [0.5, 0.6) is 23.0 Å². The SMILES string of the molecule is COC(=O)C1[C@H](c2ccc3c(c2)OCO3)OC(=O)[C@]1(C(=O)OC)C(=O)c1ccc(OC)c(OC)c1. The van der Waals surface area contributed by atoms with Crippen LogP contribution in [0, 0.1) is 11.3 Å². The molecule has 0 aromatic heterocycles. The number of ketones is 1. The molecule has 0 aliphatic carbocycles. The first kappa shape index (κ1) is 23.9. The third-order valence-electron chi connectivity index (χ3n) is 6.02. The lowest BCUT2D eigenvalue weighted by Crippen LogP contribution is -2.52. The van der Waals surface area contributed by atoms with Gasteiger partial charge in [0, 0.05) is 5.56 Å². The van der Waals surface area contributed by atoms with E-state index in [0.29, 0.717) is 22.8 Å². The number of cyclic esters (lactones) is 1. The van der Waals surface area contributed by atoms with Crippen LogP contribution in [0.2, 0.25) is 0 Å². The van der Waals surface area contributed by atoms with Gasteiger partial charge in [0.2, 0.25) is 12.2 Å². The molecule has 35 heavy (non-hydrogen) atoms. The van der Waals surface area contributed by atoms with Crippen molar-refractivity contribution < 1.29 is 52.3 Å². The first-order chi connectivity index (χ1) is 16.8. The van der Waals surface area contributed by atoms with Crippen molar-refractivity contribution in [2.75, 3.05) is 35.2 Å².